The average Bonchev–Trinajstić information content (AvgIpc) is 2.81. The zero-order valence-corrected chi connectivity index (χ0v) is 14.1. The maximum Gasteiger partial charge on any atom is 0.310 e. The van der Waals surface area contributed by atoms with Crippen LogP contribution >= 0.6 is 12.4 Å². The first-order valence-electron chi connectivity index (χ1n) is 7.35. The van der Waals surface area contributed by atoms with Gasteiger partial charge in [0.15, 0.2) is 5.75 Å². The number of carbonyl (C=O) groups is 1. The summed E-state index contributed by atoms with van der Waals surface area (Å²) in [6.45, 7) is 1.87. The molecule has 0 spiro atoms. The van der Waals surface area contributed by atoms with Crippen molar-refractivity contribution in [2.75, 3.05) is 27.2 Å². The van der Waals surface area contributed by atoms with Gasteiger partial charge < -0.3 is 15.0 Å². The Morgan fingerprint density at radius 2 is 2.13 bits per heavy atom. The van der Waals surface area contributed by atoms with Crippen molar-refractivity contribution in [2.45, 2.75) is 25.3 Å². The van der Waals surface area contributed by atoms with Crippen molar-refractivity contribution in [1.82, 2.24) is 10.2 Å². The number of nitro groups is 1. The maximum atomic E-state index is 12.6. The Kier molecular flexibility index (Phi) is 7.25. The lowest BCUT2D eigenvalue weighted by molar-refractivity contribution is -0.385. The molecule has 0 bridgehead atoms. The van der Waals surface area contributed by atoms with Crippen LogP contribution in [0, 0.1) is 10.1 Å². The predicted molar refractivity (Wildman–Crippen MR) is 89.5 cm³/mol. The van der Waals surface area contributed by atoms with Crippen molar-refractivity contribution in [3.05, 3.63) is 33.9 Å². The second-order valence-corrected chi connectivity index (χ2v) is 5.39. The lowest BCUT2D eigenvalue weighted by Crippen LogP contribution is -2.37. The van der Waals surface area contributed by atoms with Gasteiger partial charge in [-0.05, 0) is 38.4 Å². The molecule has 1 aliphatic heterocycles. The zero-order valence-electron chi connectivity index (χ0n) is 13.3. The molecule has 1 fully saturated rings. The molecule has 1 unspecified atom stereocenters. The molecule has 1 heterocycles. The molecule has 1 aliphatic rings. The van der Waals surface area contributed by atoms with Crippen molar-refractivity contribution in [3.8, 4) is 5.75 Å². The Balaban J connectivity index is 0.00000264. The number of halogens is 1. The summed E-state index contributed by atoms with van der Waals surface area (Å²) in [6, 6.07) is 4.42. The summed E-state index contributed by atoms with van der Waals surface area (Å²) in [7, 11) is 3.14. The van der Waals surface area contributed by atoms with Gasteiger partial charge >= 0.3 is 5.69 Å². The van der Waals surface area contributed by atoms with Crippen molar-refractivity contribution in [3.63, 3.8) is 0 Å². The van der Waals surface area contributed by atoms with Crippen LogP contribution in [0.2, 0.25) is 0 Å². The van der Waals surface area contributed by atoms with Crippen molar-refractivity contribution in [1.29, 1.82) is 0 Å². The molecule has 1 atom stereocenters. The summed E-state index contributed by atoms with van der Waals surface area (Å²) in [4.78, 5) is 24.7. The number of rotatable bonds is 4. The van der Waals surface area contributed by atoms with E-state index in [4.69, 9.17) is 4.74 Å². The number of hydrogen-bond acceptors (Lipinski definition) is 5. The van der Waals surface area contributed by atoms with Gasteiger partial charge in [-0.15, -0.1) is 12.4 Å². The molecule has 1 aromatic rings. The molecule has 8 heteroatoms. The van der Waals surface area contributed by atoms with E-state index in [9.17, 15) is 14.9 Å². The molecule has 1 amide bonds. The molecule has 0 saturated carbocycles. The van der Waals surface area contributed by atoms with E-state index in [1.54, 1.807) is 11.9 Å². The Morgan fingerprint density at radius 3 is 2.78 bits per heavy atom. The first-order valence-corrected chi connectivity index (χ1v) is 7.35. The predicted octanol–water partition coefficient (Wildman–Crippen LogP) is 2.24. The first kappa shape index (κ1) is 19.2. The molecule has 2 rings (SSSR count). The van der Waals surface area contributed by atoms with Crippen LogP contribution in [-0.4, -0.2) is 49.0 Å². The smallest absolute Gasteiger partial charge is 0.310 e. The number of benzene rings is 1. The zero-order chi connectivity index (χ0) is 16.1. The lowest BCUT2D eigenvalue weighted by atomic mass is 10.1. The van der Waals surface area contributed by atoms with E-state index in [-0.39, 0.29) is 35.8 Å². The van der Waals surface area contributed by atoms with Gasteiger partial charge in [-0.3, -0.25) is 14.9 Å². The van der Waals surface area contributed by atoms with Gasteiger partial charge in [0, 0.05) is 30.8 Å². The van der Waals surface area contributed by atoms with Gasteiger partial charge in [0.25, 0.3) is 5.91 Å². The van der Waals surface area contributed by atoms with E-state index in [2.05, 4.69) is 5.32 Å². The summed E-state index contributed by atoms with van der Waals surface area (Å²) in [6.07, 6.45) is 2.90. The number of nitrogens with zero attached hydrogens (tertiary/aromatic N) is 2. The molecule has 23 heavy (non-hydrogen) atoms. The molecule has 1 N–H and O–H groups in total. The summed E-state index contributed by atoms with van der Waals surface area (Å²) in [5.41, 5.74) is 0.266. The average molecular weight is 344 g/mol. The molecule has 128 valence electrons. The number of nitro benzene ring substituents is 1. The standard InChI is InChI=1S/C15H21N3O4.ClH/c1-17(12-4-3-8-16-9-7-12)15(19)11-5-6-13(18(20)21)14(10-11)22-2;/h5-6,10,12,16H,3-4,7-9H2,1-2H3;1H. The SMILES string of the molecule is COc1cc(C(=O)N(C)C2CCCNCC2)ccc1[N+](=O)[O-].Cl. The molecule has 0 aliphatic carbocycles. The van der Waals surface area contributed by atoms with Crippen LogP contribution in [0.25, 0.3) is 0 Å². The van der Waals surface area contributed by atoms with Crippen molar-refractivity contribution in [2.24, 2.45) is 0 Å². The number of carbonyl (C=O) groups excluding carboxylic acids is 1. The normalized spacial score (nSPS) is 17.6. The Morgan fingerprint density at radius 1 is 1.39 bits per heavy atom. The minimum atomic E-state index is -0.520. The van der Waals surface area contributed by atoms with E-state index in [0.717, 1.165) is 32.4 Å². The van der Waals surface area contributed by atoms with Gasteiger partial charge in [-0.1, -0.05) is 0 Å². The largest absolute Gasteiger partial charge is 0.490 e. The molecule has 0 radical (unpaired) electrons. The van der Waals surface area contributed by atoms with Crippen LogP contribution < -0.4 is 10.1 Å². The van der Waals surface area contributed by atoms with E-state index in [0.29, 0.717) is 5.56 Å². The highest BCUT2D eigenvalue weighted by Crippen LogP contribution is 2.28. The minimum Gasteiger partial charge on any atom is -0.490 e. The first-order chi connectivity index (χ1) is 10.5. The lowest BCUT2D eigenvalue weighted by Gasteiger charge is -2.27. The van der Waals surface area contributed by atoms with E-state index in [1.807, 2.05) is 0 Å². The Bertz CT molecular complexity index is 560. The summed E-state index contributed by atoms with van der Waals surface area (Å²) >= 11 is 0. The number of ether oxygens (including phenoxy) is 1. The van der Waals surface area contributed by atoms with Gasteiger partial charge in [0.05, 0.1) is 12.0 Å². The third-order valence-electron chi connectivity index (χ3n) is 4.04. The fourth-order valence-electron chi connectivity index (χ4n) is 2.72. The molecule has 1 saturated heterocycles. The van der Waals surface area contributed by atoms with Crippen LogP contribution in [-0.2, 0) is 0 Å². The van der Waals surface area contributed by atoms with Crippen LogP contribution in [0.3, 0.4) is 0 Å². The molecular formula is C15H22ClN3O4. The highest BCUT2D eigenvalue weighted by atomic mass is 35.5. The third kappa shape index (κ3) is 4.56. The molecular weight excluding hydrogens is 322 g/mol. The quantitative estimate of drug-likeness (QED) is 0.669. The monoisotopic (exact) mass is 343 g/mol. The van der Waals surface area contributed by atoms with E-state index >= 15 is 0 Å². The fraction of sp³-hybridized carbons (Fsp3) is 0.533. The van der Waals surface area contributed by atoms with Gasteiger partial charge in [-0.2, -0.15) is 0 Å². The van der Waals surface area contributed by atoms with E-state index in [1.165, 1.54) is 25.3 Å². The minimum absolute atomic E-state index is 0. The van der Waals surface area contributed by atoms with Crippen molar-refractivity contribution >= 4 is 24.0 Å². The Hall–Kier alpha value is -1.86. The number of amides is 1. The second kappa shape index (κ2) is 8.69. The number of nitrogens with one attached hydrogen (secondary N) is 1. The Labute approximate surface area is 141 Å². The topological polar surface area (TPSA) is 84.7 Å². The molecule has 7 nitrogen and oxygen atoms in total. The third-order valence-corrected chi connectivity index (χ3v) is 4.04. The summed E-state index contributed by atoms with van der Waals surface area (Å²) in [5, 5.41) is 14.2. The van der Waals surface area contributed by atoms with Gasteiger partial charge in [-0.25, -0.2) is 0 Å². The van der Waals surface area contributed by atoms with Crippen LogP contribution in [0.15, 0.2) is 18.2 Å². The maximum absolute atomic E-state index is 12.6. The van der Waals surface area contributed by atoms with Crippen LogP contribution in [0.5, 0.6) is 5.75 Å². The molecule has 1 aromatic carbocycles. The van der Waals surface area contributed by atoms with Gasteiger partial charge in [0.1, 0.15) is 0 Å². The number of methoxy groups -OCH3 is 1. The fourth-order valence-corrected chi connectivity index (χ4v) is 2.72. The second-order valence-electron chi connectivity index (χ2n) is 5.39. The number of hydrogen-bond donors (Lipinski definition) is 1. The highest BCUT2D eigenvalue weighted by Gasteiger charge is 2.24. The van der Waals surface area contributed by atoms with Crippen LogP contribution in [0.1, 0.15) is 29.6 Å². The highest BCUT2D eigenvalue weighted by molar-refractivity contribution is 5.95. The van der Waals surface area contributed by atoms with Crippen LogP contribution in [0.4, 0.5) is 5.69 Å². The van der Waals surface area contributed by atoms with E-state index < -0.39 is 4.92 Å². The van der Waals surface area contributed by atoms with Gasteiger partial charge in [0.2, 0.25) is 0 Å². The summed E-state index contributed by atoms with van der Waals surface area (Å²) in [5.74, 6) is -0.0353. The molecule has 0 aromatic heterocycles. The summed E-state index contributed by atoms with van der Waals surface area (Å²) < 4.78 is 5.02. The van der Waals surface area contributed by atoms with Crippen molar-refractivity contribution < 1.29 is 14.5 Å².